The predicted molar refractivity (Wildman–Crippen MR) is 175 cm³/mol. The van der Waals surface area contributed by atoms with Crippen LogP contribution in [0.25, 0.3) is 5.69 Å². The number of phenols is 1. The molecule has 2 amide bonds. The highest BCUT2D eigenvalue weighted by Crippen LogP contribution is 2.62. The van der Waals surface area contributed by atoms with E-state index >= 15 is 9.18 Å². The lowest BCUT2D eigenvalue weighted by Crippen LogP contribution is -2.53. The van der Waals surface area contributed by atoms with Gasteiger partial charge in [0.15, 0.2) is 11.6 Å². The van der Waals surface area contributed by atoms with E-state index < -0.39 is 58.1 Å². The van der Waals surface area contributed by atoms with Crippen LogP contribution in [0.2, 0.25) is 0 Å². The molecule has 4 aromatic carbocycles. The van der Waals surface area contributed by atoms with Crippen molar-refractivity contribution in [3.8, 4) is 11.4 Å². The Balaban J connectivity index is 1.38. The molecule has 1 aliphatic carbocycles. The summed E-state index contributed by atoms with van der Waals surface area (Å²) in [4.78, 5) is 57.5. The molecule has 0 spiro atoms. The van der Waals surface area contributed by atoms with Crippen molar-refractivity contribution in [2.45, 2.75) is 37.3 Å². The zero-order valence-corrected chi connectivity index (χ0v) is 25.8. The van der Waals surface area contributed by atoms with Crippen LogP contribution in [0.5, 0.6) is 5.75 Å². The summed E-state index contributed by atoms with van der Waals surface area (Å²) >= 11 is 0. The zero-order chi connectivity index (χ0) is 33.3. The second kappa shape index (κ2) is 10.8. The fourth-order valence-corrected chi connectivity index (χ4v) is 7.88. The first-order valence-corrected chi connectivity index (χ1v) is 15.7. The number of aryl methyl sites for hydroxylation is 1. The number of carbonyl (C=O) groups is 2. The van der Waals surface area contributed by atoms with E-state index in [0.29, 0.717) is 28.1 Å². The van der Waals surface area contributed by atoms with Gasteiger partial charge in [0, 0.05) is 5.92 Å². The molecule has 4 atom stereocenters. The van der Waals surface area contributed by atoms with E-state index in [0.717, 1.165) is 15.1 Å². The fraction of sp³-hybridized carbons (Fsp3) is 0.189. The minimum absolute atomic E-state index is 0.0137. The Hall–Kier alpha value is -5.97. The number of hydrogen-bond donors (Lipinski definition) is 2. The van der Waals surface area contributed by atoms with E-state index in [1.54, 1.807) is 72.8 Å². The van der Waals surface area contributed by atoms with Gasteiger partial charge in [0.1, 0.15) is 0 Å². The average molecular weight is 644 g/mol. The van der Waals surface area contributed by atoms with Crippen molar-refractivity contribution in [3.63, 3.8) is 0 Å². The quantitative estimate of drug-likeness (QED) is 0.214. The molecule has 3 aliphatic rings. The van der Waals surface area contributed by atoms with Crippen LogP contribution in [0.1, 0.15) is 35.1 Å². The first-order valence-electron chi connectivity index (χ1n) is 15.7. The number of imide groups is 1. The van der Waals surface area contributed by atoms with Crippen LogP contribution in [-0.4, -0.2) is 35.9 Å². The third-order valence-corrected chi connectivity index (χ3v) is 9.98. The topological polar surface area (TPSA) is 119 Å². The van der Waals surface area contributed by atoms with Crippen molar-refractivity contribution in [2.24, 2.45) is 5.92 Å². The van der Waals surface area contributed by atoms with Gasteiger partial charge in [-0.2, -0.15) is 5.01 Å². The Morgan fingerprint density at radius 3 is 2.23 bits per heavy atom. The van der Waals surface area contributed by atoms with Crippen LogP contribution >= 0.6 is 0 Å². The van der Waals surface area contributed by atoms with E-state index in [1.165, 1.54) is 21.5 Å². The van der Waals surface area contributed by atoms with E-state index in [2.05, 4.69) is 5.43 Å². The number of allylic oxidation sites excluding steroid dienone is 2. The highest BCUT2D eigenvalue weighted by molar-refractivity contribution is 6.12. The molecule has 2 N–H and O–H groups in total. The molecule has 4 unspecified atom stereocenters. The number of anilines is 1. The normalized spacial score (nSPS) is 22.9. The maximum Gasteiger partial charge on any atom is 0.352 e. The summed E-state index contributed by atoms with van der Waals surface area (Å²) in [7, 11) is 0. The number of aromatic hydroxyl groups is 1. The van der Waals surface area contributed by atoms with Crippen molar-refractivity contribution in [1.82, 2.24) is 18.9 Å². The second-order valence-electron chi connectivity index (χ2n) is 12.5. The van der Waals surface area contributed by atoms with Gasteiger partial charge in [-0.25, -0.2) is 27.9 Å². The number of halogens is 1. The summed E-state index contributed by atoms with van der Waals surface area (Å²) < 4.78 is 19.0. The van der Waals surface area contributed by atoms with Gasteiger partial charge in [-0.3, -0.25) is 15.0 Å². The Morgan fingerprint density at radius 1 is 0.854 bits per heavy atom. The van der Waals surface area contributed by atoms with E-state index in [1.807, 2.05) is 31.2 Å². The molecular weight excluding hydrogens is 613 g/mol. The van der Waals surface area contributed by atoms with Gasteiger partial charge in [0.25, 0.3) is 11.8 Å². The van der Waals surface area contributed by atoms with Crippen LogP contribution in [0.15, 0.2) is 124 Å². The number of rotatable bonds is 5. The minimum atomic E-state index is -1.56. The summed E-state index contributed by atoms with van der Waals surface area (Å²) in [6, 6.07) is 27.9. The minimum Gasteiger partial charge on any atom is -0.505 e. The Kier molecular flexibility index (Phi) is 6.62. The standard InChI is InChI=1S/C37H30FN5O5/c1-22-12-15-25(16-13-22)39-42-33(45)28-21-30-27(18-19-40-35(47)41(36(48)43(30)40)26-10-6-3-7-11-26)32(23-14-17-31(44)29(38)20-23)37(28,34(42)46)24-8-4-2-5-9-24/h2-18,20,28,30,32,39,44H,19,21H2,1H3. The van der Waals surface area contributed by atoms with Gasteiger partial charge in [-0.15, -0.1) is 0 Å². The van der Waals surface area contributed by atoms with Crippen LogP contribution in [0, 0.1) is 18.7 Å². The molecule has 0 radical (unpaired) electrons. The monoisotopic (exact) mass is 643 g/mol. The first kappa shape index (κ1) is 29.4. The highest BCUT2D eigenvalue weighted by atomic mass is 19.1. The number of fused-ring (bicyclic) bond motifs is 4. The van der Waals surface area contributed by atoms with Crippen LogP contribution < -0.4 is 16.8 Å². The number of para-hydroxylation sites is 1. The molecular formula is C37H30FN5O5. The van der Waals surface area contributed by atoms with Crippen LogP contribution in [-0.2, 0) is 21.5 Å². The van der Waals surface area contributed by atoms with Gasteiger partial charge >= 0.3 is 11.4 Å². The molecule has 8 rings (SSSR count). The van der Waals surface area contributed by atoms with Gasteiger partial charge in [0.2, 0.25) is 0 Å². The molecule has 48 heavy (non-hydrogen) atoms. The average Bonchev–Trinajstić information content (AvgIpc) is 3.48. The number of carbonyl (C=O) groups excluding carboxylic acids is 2. The third-order valence-electron chi connectivity index (χ3n) is 9.98. The summed E-state index contributed by atoms with van der Waals surface area (Å²) in [6.07, 6.45) is 1.83. The number of benzene rings is 4. The zero-order valence-electron chi connectivity index (χ0n) is 25.8. The molecule has 2 aliphatic heterocycles. The number of amides is 2. The largest absolute Gasteiger partial charge is 0.505 e. The molecule has 0 bridgehead atoms. The van der Waals surface area contributed by atoms with Crippen molar-refractivity contribution >= 4 is 17.5 Å². The number of aromatic nitrogens is 3. The van der Waals surface area contributed by atoms with Gasteiger partial charge in [-0.05, 0) is 66.4 Å². The van der Waals surface area contributed by atoms with Crippen molar-refractivity contribution in [1.29, 1.82) is 0 Å². The third kappa shape index (κ3) is 4.09. The summed E-state index contributed by atoms with van der Waals surface area (Å²) in [6.45, 7) is 1.94. The van der Waals surface area contributed by atoms with Crippen LogP contribution in [0.3, 0.4) is 0 Å². The number of hydrazine groups is 1. The van der Waals surface area contributed by atoms with Crippen LogP contribution in [0.4, 0.5) is 10.1 Å². The Labute approximate surface area is 273 Å². The van der Waals surface area contributed by atoms with Crippen molar-refractivity contribution < 1.29 is 19.1 Å². The number of phenolic OH excluding ortho intramolecular Hbond substituents is 1. The van der Waals surface area contributed by atoms with E-state index in [9.17, 15) is 19.5 Å². The molecule has 1 aromatic heterocycles. The molecule has 5 aromatic rings. The Morgan fingerprint density at radius 2 is 1.54 bits per heavy atom. The van der Waals surface area contributed by atoms with E-state index in [4.69, 9.17) is 0 Å². The second-order valence-corrected chi connectivity index (χ2v) is 12.5. The van der Waals surface area contributed by atoms with Crippen molar-refractivity contribution in [3.05, 3.63) is 158 Å². The SMILES string of the molecule is Cc1ccc(NN2C(=O)C3CC4C(=CCn5c(=O)n(-c6ccccc6)c(=O)n54)C(c4ccc(O)c(F)c4)C3(c3ccccc3)C2=O)cc1. The Bertz CT molecular complexity index is 2260. The van der Waals surface area contributed by atoms with Crippen molar-refractivity contribution in [2.75, 3.05) is 5.43 Å². The highest BCUT2D eigenvalue weighted by Gasteiger charge is 2.68. The molecule has 10 nitrogen and oxygen atoms in total. The summed E-state index contributed by atoms with van der Waals surface area (Å²) in [5.74, 6) is -4.46. The number of nitrogens with zero attached hydrogens (tertiary/aromatic N) is 4. The van der Waals surface area contributed by atoms with E-state index in [-0.39, 0.29) is 13.0 Å². The summed E-state index contributed by atoms with van der Waals surface area (Å²) in [5.41, 5.74) is 3.77. The summed E-state index contributed by atoms with van der Waals surface area (Å²) in [5, 5.41) is 11.2. The maximum absolute atomic E-state index is 15.2. The smallest absolute Gasteiger partial charge is 0.352 e. The predicted octanol–water partition coefficient (Wildman–Crippen LogP) is 4.57. The van der Waals surface area contributed by atoms with Gasteiger partial charge in [-0.1, -0.05) is 78.4 Å². The number of hydrogen-bond acceptors (Lipinski definition) is 6. The lowest BCUT2D eigenvalue weighted by molar-refractivity contribution is -0.138. The fourth-order valence-electron chi connectivity index (χ4n) is 7.88. The van der Waals surface area contributed by atoms with Gasteiger partial charge < -0.3 is 5.11 Å². The lowest BCUT2D eigenvalue weighted by Gasteiger charge is -2.49. The molecule has 2 fully saturated rings. The van der Waals surface area contributed by atoms with Gasteiger partial charge in [0.05, 0.1) is 35.3 Å². The molecule has 1 saturated heterocycles. The first-order chi connectivity index (χ1) is 23.2. The maximum atomic E-state index is 15.2. The molecule has 3 heterocycles. The lowest BCUT2D eigenvalue weighted by atomic mass is 9.53. The molecule has 1 saturated carbocycles. The number of nitrogens with one attached hydrogen (secondary N) is 1. The molecule has 11 heteroatoms. The molecule has 240 valence electrons.